The van der Waals surface area contributed by atoms with E-state index in [1.165, 1.54) is 6.07 Å². The van der Waals surface area contributed by atoms with Gasteiger partial charge < -0.3 is 5.11 Å². The lowest BCUT2D eigenvalue weighted by molar-refractivity contribution is 0.263. The second kappa shape index (κ2) is 5.93. The minimum absolute atomic E-state index is 0.0982. The molecular weight excluding hydrogens is 246 g/mol. The first-order chi connectivity index (χ1) is 9.10. The molecule has 0 amide bonds. The van der Waals surface area contributed by atoms with Gasteiger partial charge >= 0.3 is 0 Å². The highest BCUT2D eigenvalue weighted by atomic mass is 19.1. The van der Waals surface area contributed by atoms with Gasteiger partial charge in [0.1, 0.15) is 11.6 Å². The van der Waals surface area contributed by atoms with E-state index in [-0.39, 0.29) is 18.9 Å². The van der Waals surface area contributed by atoms with Crippen LogP contribution in [0.25, 0.3) is 0 Å². The van der Waals surface area contributed by atoms with Gasteiger partial charge in [-0.1, -0.05) is 29.8 Å². The topological polar surface area (TPSA) is 20.2 Å². The van der Waals surface area contributed by atoms with Crippen molar-refractivity contribution >= 4 is 0 Å². The molecule has 1 unspecified atom stereocenters. The van der Waals surface area contributed by atoms with Crippen LogP contribution in [0, 0.1) is 18.6 Å². The summed E-state index contributed by atoms with van der Waals surface area (Å²) in [4.78, 5) is 0. The largest absolute Gasteiger partial charge is 0.396 e. The Kier molecular flexibility index (Phi) is 4.27. The average molecular weight is 262 g/mol. The first kappa shape index (κ1) is 13.7. The van der Waals surface area contributed by atoms with Crippen molar-refractivity contribution in [3.05, 3.63) is 70.8 Å². The van der Waals surface area contributed by atoms with Gasteiger partial charge in [0.05, 0.1) is 6.61 Å². The van der Waals surface area contributed by atoms with Crippen LogP contribution in [-0.4, -0.2) is 11.7 Å². The number of aliphatic hydroxyl groups is 1. The molecule has 2 rings (SSSR count). The number of rotatable bonds is 4. The van der Waals surface area contributed by atoms with Crippen molar-refractivity contribution in [1.29, 1.82) is 0 Å². The highest BCUT2D eigenvalue weighted by Gasteiger charge is 2.14. The molecular formula is C16H16F2O. The summed E-state index contributed by atoms with van der Waals surface area (Å²) in [5, 5.41) is 9.45. The van der Waals surface area contributed by atoms with Crippen LogP contribution in [0.3, 0.4) is 0 Å². The minimum Gasteiger partial charge on any atom is -0.396 e. The number of aryl methyl sites for hydroxylation is 1. The molecule has 19 heavy (non-hydrogen) atoms. The van der Waals surface area contributed by atoms with E-state index in [2.05, 4.69) is 0 Å². The molecule has 2 aromatic rings. The lowest BCUT2D eigenvalue weighted by Gasteiger charge is -2.15. The first-order valence-corrected chi connectivity index (χ1v) is 6.21. The Hall–Kier alpha value is -1.74. The second-order valence-corrected chi connectivity index (χ2v) is 4.73. The molecule has 3 heteroatoms. The molecule has 1 atom stereocenters. The van der Waals surface area contributed by atoms with E-state index in [1.54, 1.807) is 0 Å². The van der Waals surface area contributed by atoms with Gasteiger partial charge in [-0.15, -0.1) is 0 Å². The lowest BCUT2D eigenvalue weighted by atomic mass is 9.92. The maximum absolute atomic E-state index is 13.6. The Balaban J connectivity index is 2.23. The predicted octanol–water partition coefficient (Wildman–Crippen LogP) is 3.59. The van der Waals surface area contributed by atoms with E-state index >= 15 is 0 Å². The number of benzene rings is 2. The molecule has 100 valence electrons. The van der Waals surface area contributed by atoms with Gasteiger partial charge in [0, 0.05) is 5.92 Å². The number of hydrogen-bond donors (Lipinski definition) is 1. The van der Waals surface area contributed by atoms with E-state index in [9.17, 15) is 13.9 Å². The molecule has 2 aromatic carbocycles. The molecule has 0 fully saturated rings. The Labute approximate surface area is 111 Å². The zero-order chi connectivity index (χ0) is 13.8. The molecule has 0 aliphatic carbocycles. The maximum Gasteiger partial charge on any atom is 0.126 e. The summed E-state index contributed by atoms with van der Waals surface area (Å²) in [6.45, 7) is 1.88. The van der Waals surface area contributed by atoms with Gasteiger partial charge in [0.2, 0.25) is 0 Å². The van der Waals surface area contributed by atoms with Crippen molar-refractivity contribution in [1.82, 2.24) is 0 Å². The smallest absolute Gasteiger partial charge is 0.126 e. The third-order valence-corrected chi connectivity index (χ3v) is 3.24. The summed E-state index contributed by atoms with van der Waals surface area (Å²) in [6.07, 6.45) is 0.281. The Morgan fingerprint density at radius 1 is 1.05 bits per heavy atom. The van der Waals surface area contributed by atoms with Crippen LogP contribution >= 0.6 is 0 Å². The summed E-state index contributed by atoms with van der Waals surface area (Å²) in [5.41, 5.74) is 2.34. The van der Waals surface area contributed by atoms with E-state index < -0.39 is 11.6 Å². The Morgan fingerprint density at radius 3 is 2.37 bits per heavy atom. The zero-order valence-corrected chi connectivity index (χ0v) is 10.7. The predicted molar refractivity (Wildman–Crippen MR) is 71.1 cm³/mol. The average Bonchev–Trinajstić information content (AvgIpc) is 2.41. The lowest BCUT2D eigenvalue weighted by Crippen LogP contribution is -2.09. The van der Waals surface area contributed by atoms with Crippen molar-refractivity contribution in [3.63, 3.8) is 0 Å². The highest BCUT2D eigenvalue weighted by Crippen LogP contribution is 2.23. The SMILES string of the molecule is Cc1ccc(C(CO)Cc2cc(F)ccc2F)cc1. The fourth-order valence-electron chi connectivity index (χ4n) is 2.09. The molecule has 0 saturated heterocycles. The zero-order valence-electron chi connectivity index (χ0n) is 10.7. The van der Waals surface area contributed by atoms with Gasteiger partial charge in [-0.05, 0) is 42.7 Å². The van der Waals surface area contributed by atoms with Crippen molar-refractivity contribution < 1.29 is 13.9 Å². The summed E-state index contributed by atoms with van der Waals surface area (Å²) in [7, 11) is 0. The van der Waals surface area contributed by atoms with E-state index in [0.29, 0.717) is 5.56 Å². The molecule has 1 nitrogen and oxygen atoms in total. The van der Waals surface area contributed by atoms with Crippen LogP contribution in [0.4, 0.5) is 8.78 Å². The third kappa shape index (κ3) is 3.38. The van der Waals surface area contributed by atoms with E-state index in [0.717, 1.165) is 23.3 Å². The van der Waals surface area contributed by atoms with Crippen molar-refractivity contribution in [2.24, 2.45) is 0 Å². The second-order valence-electron chi connectivity index (χ2n) is 4.73. The number of aliphatic hydroxyl groups excluding tert-OH is 1. The Morgan fingerprint density at radius 2 is 1.74 bits per heavy atom. The molecule has 0 aliphatic rings. The van der Waals surface area contributed by atoms with E-state index in [4.69, 9.17) is 0 Å². The standard InChI is InChI=1S/C16H16F2O/c1-11-2-4-12(5-3-11)14(10-19)8-13-9-15(17)6-7-16(13)18/h2-7,9,14,19H,8,10H2,1H3. The van der Waals surface area contributed by atoms with Gasteiger partial charge in [0.25, 0.3) is 0 Å². The quantitative estimate of drug-likeness (QED) is 0.892. The minimum atomic E-state index is -0.461. The molecule has 0 spiro atoms. The molecule has 0 radical (unpaired) electrons. The summed E-state index contributed by atoms with van der Waals surface area (Å²) >= 11 is 0. The number of hydrogen-bond acceptors (Lipinski definition) is 1. The summed E-state index contributed by atoms with van der Waals surface area (Å²) < 4.78 is 26.7. The van der Waals surface area contributed by atoms with Crippen molar-refractivity contribution in [2.75, 3.05) is 6.61 Å². The van der Waals surface area contributed by atoms with Gasteiger partial charge in [-0.25, -0.2) is 8.78 Å². The van der Waals surface area contributed by atoms with Crippen LogP contribution in [0.1, 0.15) is 22.6 Å². The molecule has 1 N–H and O–H groups in total. The van der Waals surface area contributed by atoms with Crippen LogP contribution < -0.4 is 0 Å². The molecule has 0 heterocycles. The first-order valence-electron chi connectivity index (χ1n) is 6.21. The molecule has 0 bridgehead atoms. The third-order valence-electron chi connectivity index (χ3n) is 3.24. The van der Waals surface area contributed by atoms with Gasteiger partial charge in [-0.3, -0.25) is 0 Å². The van der Waals surface area contributed by atoms with Gasteiger partial charge in [-0.2, -0.15) is 0 Å². The number of halogens is 2. The monoisotopic (exact) mass is 262 g/mol. The van der Waals surface area contributed by atoms with Crippen molar-refractivity contribution in [3.8, 4) is 0 Å². The maximum atomic E-state index is 13.6. The molecule has 0 aliphatic heterocycles. The summed E-state index contributed by atoms with van der Waals surface area (Å²) in [6, 6.07) is 11.1. The Bertz CT molecular complexity index is 549. The van der Waals surface area contributed by atoms with Gasteiger partial charge in [0.15, 0.2) is 0 Å². The fraction of sp³-hybridized carbons (Fsp3) is 0.250. The van der Waals surface area contributed by atoms with E-state index in [1.807, 2.05) is 31.2 Å². The highest BCUT2D eigenvalue weighted by molar-refractivity contribution is 5.28. The van der Waals surface area contributed by atoms with Crippen LogP contribution in [0.15, 0.2) is 42.5 Å². The normalized spacial score (nSPS) is 12.4. The molecule has 0 aromatic heterocycles. The van der Waals surface area contributed by atoms with Crippen molar-refractivity contribution in [2.45, 2.75) is 19.3 Å². The fourth-order valence-corrected chi connectivity index (χ4v) is 2.09. The van der Waals surface area contributed by atoms with Crippen LogP contribution in [0.5, 0.6) is 0 Å². The summed E-state index contributed by atoms with van der Waals surface area (Å²) in [5.74, 6) is -1.12. The van der Waals surface area contributed by atoms with Crippen LogP contribution in [-0.2, 0) is 6.42 Å². The molecule has 0 saturated carbocycles. The van der Waals surface area contributed by atoms with Crippen LogP contribution in [0.2, 0.25) is 0 Å².